The highest BCUT2D eigenvalue weighted by Gasteiger charge is 2.21. The van der Waals surface area contributed by atoms with E-state index in [1.54, 1.807) is 42.5 Å². The van der Waals surface area contributed by atoms with Crippen LogP contribution < -0.4 is 25.4 Å². The number of hydrogen-bond acceptors (Lipinski definition) is 6. The van der Waals surface area contributed by atoms with Gasteiger partial charge in [-0.25, -0.2) is 0 Å². The number of ether oxygens (including phenoxy) is 3. The van der Waals surface area contributed by atoms with Crippen LogP contribution in [-0.2, 0) is 14.3 Å². The van der Waals surface area contributed by atoms with Crippen molar-refractivity contribution in [1.82, 2.24) is 5.32 Å². The van der Waals surface area contributed by atoms with Crippen molar-refractivity contribution in [3.63, 3.8) is 0 Å². The summed E-state index contributed by atoms with van der Waals surface area (Å²) in [6, 6.07) is 13.6. The molecule has 1 unspecified atom stereocenters. The smallest absolute Gasteiger partial charge is 0.262 e. The van der Waals surface area contributed by atoms with Crippen LogP contribution in [0.4, 0.5) is 11.4 Å². The number of amides is 2. The molecular weight excluding hydrogens is 398 g/mol. The monoisotopic (exact) mass is 421 g/mol. The SMILES string of the molecule is COc1ccccc1OCC(=O)Nc1cccc(NC(=O)C2COCCN2)c1.Cl. The van der Waals surface area contributed by atoms with E-state index in [0.29, 0.717) is 42.6 Å². The molecule has 0 radical (unpaired) electrons. The molecule has 1 aliphatic heterocycles. The van der Waals surface area contributed by atoms with Crippen molar-refractivity contribution in [2.24, 2.45) is 0 Å². The molecular formula is C20H24ClN3O5. The van der Waals surface area contributed by atoms with Gasteiger partial charge in [-0.3, -0.25) is 9.59 Å². The number of nitrogens with one attached hydrogen (secondary N) is 3. The standard InChI is InChI=1S/C20H23N3O5.ClH/c1-26-17-7-2-3-8-18(17)28-13-19(24)22-14-5-4-6-15(11-14)23-20(25)16-12-27-10-9-21-16;/h2-8,11,16,21H,9-10,12-13H2,1H3,(H,22,24)(H,23,25);1H. The van der Waals surface area contributed by atoms with Crippen molar-refractivity contribution in [3.8, 4) is 11.5 Å². The number of hydrogen-bond donors (Lipinski definition) is 3. The molecule has 2 aromatic carbocycles. The van der Waals surface area contributed by atoms with Gasteiger partial charge < -0.3 is 30.2 Å². The molecule has 0 aromatic heterocycles. The van der Waals surface area contributed by atoms with E-state index in [1.165, 1.54) is 7.11 Å². The van der Waals surface area contributed by atoms with Crippen LogP contribution in [0.2, 0.25) is 0 Å². The molecule has 0 aliphatic carbocycles. The number of methoxy groups -OCH3 is 1. The Bertz CT molecular complexity index is 827. The van der Waals surface area contributed by atoms with Crippen LogP contribution >= 0.6 is 12.4 Å². The minimum Gasteiger partial charge on any atom is -0.493 e. The predicted molar refractivity (Wildman–Crippen MR) is 112 cm³/mol. The Labute approximate surface area is 175 Å². The minimum absolute atomic E-state index is 0. The predicted octanol–water partition coefficient (Wildman–Crippen LogP) is 2.06. The Kier molecular flexibility index (Phi) is 8.72. The Balaban J connectivity index is 0.00000300. The van der Waals surface area contributed by atoms with E-state index in [0.717, 1.165) is 0 Å². The van der Waals surface area contributed by atoms with E-state index >= 15 is 0 Å². The maximum atomic E-state index is 12.2. The number of anilines is 2. The molecule has 2 amide bonds. The fourth-order valence-electron chi connectivity index (χ4n) is 2.72. The van der Waals surface area contributed by atoms with Gasteiger partial charge in [-0.15, -0.1) is 12.4 Å². The Hall–Kier alpha value is -2.81. The van der Waals surface area contributed by atoms with Crippen molar-refractivity contribution < 1.29 is 23.8 Å². The topological polar surface area (TPSA) is 97.9 Å². The zero-order chi connectivity index (χ0) is 19.8. The number of para-hydroxylation sites is 2. The summed E-state index contributed by atoms with van der Waals surface area (Å²) < 4.78 is 16.0. The summed E-state index contributed by atoms with van der Waals surface area (Å²) in [6.45, 7) is 1.41. The first kappa shape index (κ1) is 22.5. The van der Waals surface area contributed by atoms with E-state index in [-0.39, 0.29) is 36.9 Å². The lowest BCUT2D eigenvalue weighted by atomic mass is 10.2. The Morgan fingerprint density at radius 2 is 1.83 bits per heavy atom. The van der Waals surface area contributed by atoms with Gasteiger partial charge in [-0.2, -0.15) is 0 Å². The van der Waals surface area contributed by atoms with Crippen molar-refractivity contribution in [3.05, 3.63) is 48.5 Å². The van der Waals surface area contributed by atoms with Crippen molar-refractivity contribution >= 4 is 35.6 Å². The highest BCUT2D eigenvalue weighted by Crippen LogP contribution is 2.25. The second-order valence-electron chi connectivity index (χ2n) is 6.14. The number of carbonyl (C=O) groups excluding carboxylic acids is 2. The van der Waals surface area contributed by atoms with Crippen LogP contribution in [0.25, 0.3) is 0 Å². The fraction of sp³-hybridized carbons (Fsp3) is 0.300. The molecule has 1 heterocycles. The maximum Gasteiger partial charge on any atom is 0.262 e. The normalized spacial score (nSPS) is 15.6. The molecule has 29 heavy (non-hydrogen) atoms. The largest absolute Gasteiger partial charge is 0.493 e. The lowest BCUT2D eigenvalue weighted by Crippen LogP contribution is -2.48. The van der Waals surface area contributed by atoms with E-state index in [4.69, 9.17) is 14.2 Å². The highest BCUT2D eigenvalue weighted by molar-refractivity contribution is 5.96. The number of rotatable bonds is 7. The van der Waals surface area contributed by atoms with Gasteiger partial charge in [0.25, 0.3) is 5.91 Å². The molecule has 8 nitrogen and oxygen atoms in total. The van der Waals surface area contributed by atoms with Crippen LogP contribution in [0.5, 0.6) is 11.5 Å². The second-order valence-corrected chi connectivity index (χ2v) is 6.14. The first-order chi connectivity index (χ1) is 13.7. The van der Waals surface area contributed by atoms with Crippen molar-refractivity contribution in [1.29, 1.82) is 0 Å². The summed E-state index contributed by atoms with van der Waals surface area (Å²) >= 11 is 0. The van der Waals surface area contributed by atoms with E-state index in [1.807, 2.05) is 6.07 Å². The Morgan fingerprint density at radius 3 is 2.52 bits per heavy atom. The van der Waals surface area contributed by atoms with Crippen LogP contribution in [0.15, 0.2) is 48.5 Å². The minimum atomic E-state index is -0.388. The summed E-state index contributed by atoms with van der Waals surface area (Å²) in [6.07, 6.45) is 0. The summed E-state index contributed by atoms with van der Waals surface area (Å²) in [7, 11) is 1.54. The molecule has 9 heteroatoms. The zero-order valence-corrected chi connectivity index (χ0v) is 16.8. The van der Waals surface area contributed by atoms with Crippen LogP contribution in [0, 0.1) is 0 Å². The maximum absolute atomic E-state index is 12.2. The first-order valence-electron chi connectivity index (χ1n) is 8.93. The lowest BCUT2D eigenvalue weighted by Gasteiger charge is -2.23. The molecule has 1 fully saturated rings. The number of morpholine rings is 1. The van der Waals surface area contributed by atoms with Crippen molar-refractivity contribution in [2.75, 3.05) is 44.1 Å². The van der Waals surface area contributed by atoms with E-state index in [9.17, 15) is 9.59 Å². The molecule has 3 rings (SSSR count). The molecule has 0 spiro atoms. The molecule has 1 saturated heterocycles. The second kappa shape index (κ2) is 11.3. The van der Waals surface area contributed by atoms with Gasteiger partial charge in [0.05, 0.1) is 20.3 Å². The van der Waals surface area contributed by atoms with Crippen LogP contribution in [-0.4, -0.2) is 51.3 Å². The van der Waals surface area contributed by atoms with Gasteiger partial charge in [0.1, 0.15) is 6.04 Å². The third kappa shape index (κ3) is 6.63. The fourth-order valence-corrected chi connectivity index (χ4v) is 2.72. The third-order valence-corrected chi connectivity index (χ3v) is 4.08. The average molecular weight is 422 g/mol. The van der Waals surface area contributed by atoms with E-state index in [2.05, 4.69) is 16.0 Å². The lowest BCUT2D eigenvalue weighted by molar-refractivity contribution is -0.121. The van der Waals surface area contributed by atoms with Crippen molar-refractivity contribution in [2.45, 2.75) is 6.04 Å². The quantitative estimate of drug-likeness (QED) is 0.633. The summed E-state index contributed by atoms with van der Waals surface area (Å²) in [5.74, 6) is 0.545. The van der Waals surface area contributed by atoms with Gasteiger partial charge in [-0.1, -0.05) is 18.2 Å². The summed E-state index contributed by atoms with van der Waals surface area (Å²) in [4.78, 5) is 24.4. The van der Waals surface area contributed by atoms with Gasteiger partial charge in [-0.05, 0) is 30.3 Å². The first-order valence-corrected chi connectivity index (χ1v) is 8.93. The average Bonchev–Trinajstić information content (AvgIpc) is 2.73. The molecule has 1 aliphatic rings. The molecule has 0 bridgehead atoms. The van der Waals surface area contributed by atoms with E-state index < -0.39 is 0 Å². The molecule has 3 N–H and O–H groups in total. The van der Waals surface area contributed by atoms with Gasteiger partial charge in [0.2, 0.25) is 5.91 Å². The van der Waals surface area contributed by atoms with Gasteiger partial charge in [0.15, 0.2) is 18.1 Å². The zero-order valence-electron chi connectivity index (χ0n) is 16.0. The number of halogens is 1. The summed E-state index contributed by atoms with van der Waals surface area (Å²) in [5.41, 5.74) is 1.14. The third-order valence-electron chi connectivity index (χ3n) is 4.08. The van der Waals surface area contributed by atoms with Crippen LogP contribution in [0.1, 0.15) is 0 Å². The number of benzene rings is 2. The molecule has 156 valence electrons. The van der Waals surface area contributed by atoms with Gasteiger partial charge in [0, 0.05) is 17.9 Å². The molecule has 1 atom stereocenters. The summed E-state index contributed by atoms with van der Waals surface area (Å²) in [5, 5.41) is 8.66. The Morgan fingerprint density at radius 1 is 1.10 bits per heavy atom. The van der Waals surface area contributed by atoms with Gasteiger partial charge >= 0.3 is 0 Å². The number of carbonyl (C=O) groups is 2. The highest BCUT2D eigenvalue weighted by atomic mass is 35.5. The molecule has 0 saturated carbocycles. The van der Waals surface area contributed by atoms with Crippen LogP contribution in [0.3, 0.4) is 0 Å². The molecule has 2 aromatic rings.